The van der Waals surface area contributed by atoms with E-state index in [4.69, 9.17) is 0 Å². The molecule has 0 fully saturated rings. The lowest BCUT2D eigenvalue weighted by atomic mass is 10.4. The largest absolute Gasteiger partial charge is 0.382 e. The van der Waals surface area contributed by atoms with E-state index in [0.29, 0.717) is 0 Å². The highest BCUT2D eigenvalue weighted by atomic mass is 15.3. The minimum atomic E-state index is 0.928. The molecule has 1 rings (SSSR count). The third-order valence-electron chi connectivity index (χ3n) is 1.08. The molecule has 1 aromatic heterocycles. The number of hydrogen-bond donors (Lipinski definition) is 1. The molecule has 1 aromatic rings. The highest BCUT2D eigenvalue weighted by Crippen LogP contribution is 1.97. The van der Waals surface area contributed by atoms with Crippen molar-refractivity contribution in [2.75, 3.05) is 11.9 Å². The molecule has 0 bridgehead atoms. The van der Waals surface area contributed by atoms with Gasteiger partial charge in [0.1, 0.15) is 0 Å². The zero-order valence-electron chi connectivity index (χ0n) is 5.91. The van der Waals surface area contributed by atoms with E-state index in [1.54, 1.807) is 12.4 Å². The summed E-state index contributed by atoms with van der Waals surface area (Å²) in [5.74, 6) is 0. The van der Waals surface area contributed by atoms with Crippen LogP contribution in [0.15, 0.2) is 12.4 Å². The molecule has 0 unspecified atom stereocenters. The van der Waals surface area contributed by atoms with Gasteiger partial charge in [-0.1, -0.05) is 6.92 Å². The van der Waals surface area contributed by atoms with Gasteiger partial charge in [0.25, 0.3) is 0 Å². The maximum Gasteiger partial charge on any atom is 0.0762 e. The molecule has 0 saturated carbocycles. The van der Waals surface area contributed by atoms with Crippen LogP contribution >= 0.6 is 0 Å². The zero-order valence-corrected chi connectivity index (χ0v) is 5.91. The molecule has 4 heteroatoms. The van der Waals surface area contributed by atoms with Gasteiger partial charge in [-0.25, -0.2) is 0 Å². The van der Waals surface area contributed by atoms with Crippen molar-refractivity contribution in [2.24, 2.45) is 0 Å². The van der Waals surface area contributed by atoms with E-state index in [-0.39, 0.29) is 0 Å². The summed E-state index contributed by atoms with van der Waals surface area (Å²) in [4.78, 5) is 0. The van der Waals surface area contributed by atoms with E-state index < -0.39 is 0 Å². The molecular formula is C6H10N4. The molecule has 0 saturated heterocycles. The number of hydrogen-bond acceptors (Lipinski definition) is 4. The number of rotatable bonds is 3. The molecule has 0 aliphatic rings. The van der Waals surface area contributed by atoms with Crippen LogP contribution in [0.1, 0.15) is 13.3 Å². The van der Waals surface area contributed by atoms with Gasteiger partial charge >= 0.3 is 0 Å². The first-order chi connectivity index (χ1) is 4.93. The van der Waals surface area contributed by atoms with Crippen molar-refractivity contribution in [3.8, 4) is 0 Å². The lowest BCUT2D eigenvalue weighted by Gasteiger charge is -1.99. The van der Waals surface area contributed by atoms with Crippen LogP contribution in [-0.2, 0) is 0 Å². The van der Waals surface area contributed by atoms with Crippen molar-refractivity contribution in [1.29, 1.82) is 0 Å². The first-order valence-corrected chi connectivity index (χ1v) is 3.30. The Labute approximate surface area is 59.7 Å². The van der Waals surface area contributed by atoms with E-state index in [1.807, 2.05) is 0 Å². The summed E-state index contributed by atoms with van der Waals surface area (Å²) < 4.78 is 0. The Hall–Kier alpha value is -1.19. The summed E-state index contributed by atoms with van der Waals surface area (Å²) in [6.07, 6.45) is 4.41. The summed E-state index contributed by atoms with van der Waals surface area (Å²) in [7, 11) is 0. The van der Waals surface area contributed by atoms with Crippen molar-refractivity contribution >= 4 is 5.69 Å². The fourth-order valence-electron chi connectivity index (χ4n) is 0.600. The average Bonchev–Trinajstić information content (AvgIpc) is 2.03. The van der Waals surface area contributed by atoms with Crippen molar-refractivity contribution < 1.29 is 0 Å². The van der Waals surface area contributed by atoms with Crippen molar-refractivity contribution in [3.63, 3.8) is 0 Å². The van der Waals surface area contributed by atoms with Gasteiger partial charge in [-0.2, -0.15) is 0 Å². The number of nitrogens with one attached hydrogen (secondary N) is 1. The molecule has 0 aliphatic heterocycles. The minimum Gasteiger partial charge on any atom is -0.382 e. The summed E-state index contributed by atoms with van der Waals surface area (Å²) in [6, 6.07) is 0. The SMILES string of the molecule is CCCNc1cnnnc1. The zero-order chi connectivity index (χ0) is 7.23. The van der Waals surface area contributed by atoms with Crippen LogP contribution in [0.25, 0.3) is 0 Å². The van der Waals surface area contributed by atoms with Crippen molar-refractivity contribution in [1.82, 2.24) is 15.4 Å². The number of aromatic nitrogens is 3. The first kappa shape index (κ1) is 6.92. The van der Waals surface area contributed by atoms with Gasteiger partial charge in [0.05, 0.1) is 18.1 Å². The van der Waals surface area contributed by atoms with E-state index in [2.05, 4.69) is 27.7 Å². The summed E-state index contributed by atoms with van der Waals surface area (Å²) in [5, 5.41) is 13.8. The normalized spacial score (nSPS) is 9.30. The molecule has 0 amide bonds. The highest BCUT2D eigenvalue weighted by Gasteiger charge is 1.87. The van der Waals surface area contributed by atoms with Crippen molar-refractivity contribution in [3.05, 3.63) is 12.4 Å². The Morgan fingerprint density at radius 1 is 1.40 bits per heavy atom. The van der Waals surface area contributed by atoms with Gasteiger partial charge in [-0.05, 0) is 11.6 Å². The maximum absolute atomic E-state index is 3.61. The first-order valence-electron chi connectivity index (χ1n) is 3.30. The molecule has 1 heterocycles. The Kier molecular flexibility index (Phi) is 2.61. The molecular weight excluding hydrogens is 128 g/mol. The second kappa shape index (κ2) is 3.76. The van der Waals surface area contributed by atoms with Gasteiger partial charge in [0.2, 0.25) is 0 Å². The molecule has 10 heavy (non-hydrogen) atoms. The van der Waals surface area contributed by atoms with Gasteiger partial charge in [0, 0.05) is 6.54 Å². The van der Waals surface area contributed by atoms with E-state index >= 15 is 0 Å². The van der Waals surface area contributed by atoms with E-state index in [0.717, 1.165) is 18.7 Å². The second-order valence-corrected chi connectivity index (χ2v) is 1.96. The summed E-state index contributed by atoms with van der Waals surface area (Å²) >= 11 is 0. The highest BCUT2D eigenvalue weighted by molar-refractivity contribution is 5.36. The topological polar surface area (TPSA) is 50.7 Å². The minimum absolute atomic E-state index is 0.928. The van der Waals surface area contributed by atoms with Crippen LogP contribution in [0.5, 0.6) is 0 Å². The van der Waals surface area contributed by atoms with Gasteiger partial charge in [0.15, 0.2) is 0 Å². The van der Waals surface area contributed by atoms with Gasteiger partial charge in [-0.3, -0.25) is 0 Å². The smallest absolute Gasteiger partial charge is 0.0762 e. The molecule has 1 N–H and O–H groups in total. The standard InChI is InChI=1S/C6H10N4/c1-2-3-7-6-4-8-10-9-5-6/h4-5H,2-3H2,1H3,(H,7,10). The van der Waals surface area contributed by atoms with Crippen LogP contribution in [0.2, 0.25) is 0 Å². The summed E-state index contributed by atoms with van der Waals surface area (Å²) in [6.45, 7) is 3.06. The van der Waals surface area contributed by atoms with E-state index in [1.165, 1.54) is 0 Å². The molecule has 4 nitrogen and oxygen atoms in total. The Balaban J connectivity index is 2.43. The summed E-state index contributed by atoms with van der Waals surface area (Å²) in [5.41, 5.74) is 0.928. The molecule has 0 aromatic carbocycles. The van der Waals surface area contributed by atoms with Crippen molar-refractivity contribution in [2.45, 2.75) is 13.3 Å². The average molecular weight is 138 g/mol. The van der Waals surface area contributed by atoms with Gasteiger partial charge < -0.3 is 5.32 Å². The Morgan fingerprint density at radius 3 is 2.70 bits per heavy atom. The molecule has 54 valence electrons. The predicted octanol–water partition coefficient (Wildman–Crippen LogP) is 0.694. The molecule has 0 spiro atoms. The Bertz CT molecular complexity index is 174. The monoisotopic (exact) mass is 138 g/mol. The van der Waals surface area contributed by atoms with Crippen LogP contribution in [-0.4, -0.2) is 22.0 Å². The third-order valence-corrected chi connectivity index (χ3v) is 1.08. The number of anilines is 1. The molecule has 0 radical (unpaired) electrons. The van der Waals surface area contributed by atoms with Crippen LogP contribution in [0.4, 0.5) is 5.69 Å². The fourth-order valence-corrected chi connectivity index (χ4v) is 0.600. The fraction of sp³-hybridized carbons (Fsp3) is 0.500. The quantitative estimate of drug-likeness (QED) is 0.667. The Morgan fingerprint density at radius 2 is 2.10 bits per heavy atom. The predicted molar refractivity (Wildman–Crippen MR) is 38.6 cm³/mol. The van der Waals surface area contributed by atoms with Crippen LogP contribution in [0, 0.1) is 0 Å². The lowest BCUT2D eigenvalue weighted by molar-refractivity contribution is 0.860. The maximum atomic E-state index is 3.61. The molecule has 0 aliphatic carbocycles. The van der Waals surface area contributed by atoms with Gasteiger partial charge in [-0.15, -0.1) is 10.2 Å². The van der Waals surface area contributed by atoms with Crippen LogP contribution < -0.4 is 5.32 Å². The third kappa shape index (κ3) is 1.97. The van der Waals surface area contributed by atoms with Crippen LogP contribution in [0.3, 0.4) is 0 Å². The second-order valence-electron chi connectivity index (χ2n) is 1.96. The van der Waals surface area contributed by atoms with E-state index in [9.17, 15) is 0 Å². The lowest BCUT2D eigenvalue weighted by Crippen LogP contribution is -2.00. The number of nitrogens with zero attached hydrogens (tertiary/aromatic N) is 3. The molecule has 0 atom stereocenters.